The Morgan fingerprint density at radius 2 is 2.12 bits per heavy atom. The third-order valence-electron chi connectivity index (χ3n) is 5.08. The Bertz CT molecular complexity index is 398. The van der Waals surface area contributed by atoms with E-state index in [4.69, 9.17) is 0 Å². The summed E-state index contributed by atoms with van der Waals surface area (Å²) in [6.45, 7) is 3.17. The van der Waals surface area contributed by atoms with Gasteiger partial charge < -0.3 is 5.32 Å². The highest BCUT2D eigenvalue weighted by molar-refractivity contribution is 7.09. The minimum atomic E-state index is 0.854. The topological polar surface area (TPSA) is 24.9 Å². The first kappa shape index (κ1) is 9.60. The predicted molar refractivity (Wildman–Crippen MR) is 65.3 cm³/mol. The van der Waals surface area contributed by atoms with Crippen LogP contribution >= 0.6 is 11.3 Å². The maximum atomic E-state index is 4.31. The van der Waals surface area contributed by atoms with E-state index in [0.717, 1.165) is 36.3 Å². The lowest BCUT2D eigenvalue weighted by Crippen LogP contribution is -2.22. The van der Waals surface area contributed by atoms with Crippen LogP contribution in [-0.2, 0) is 6.54 Å². The number of aryl methyl sites for hydroxylation is 1. The van der Waals surface area contributed by atoms with E-state index in [0.29, 0.717) is 0 Å². The summed E-state index contributed by atoms with van der Waals surface area (Å²) in [5, 5.41) is 3.77. The molecule has 3 fully saturated rings. The molecule has 1 aromatic rings. The highest BCUT2D eigenvalue weighted by Gasteiger charge is 2.64. The molecule has 0 aromatic carbocycles. The van der Waals surface area contributed by atoms with Gasteiger partial charge in [0, 0.05) is 17.5 Å². The molecule has 4 rings (SSSR count). The molecule has 2 nitrogen and oxygen atoms in total. The number of hydrogen-bond donors (Lipinski definition) is 1. The Morgan fingerprint density at radius 1 is 1.38 bits per heavy atom. The van der Waals surface area contributed by atoms with Gasteiger partial charge in [0.05, 0.1) is 11.2 Å². The van der Waals surface area contributed by atoms with Crippen LogP contribution in [0.15, 0.2) is 5.51 Å². The van der Waals surface area contributed by atoms with Crippen LogP contribution in [0.4, 0.5) is 0 Å². The smallest absolute Gasteiger partial charge is 0.0798 e. The first-order valence-electron chi connectivity index (χ1n) is 6.47. The number of fused-ring (bicyclic) bond motifs is 5. The summed E-state index contributed by atoms with van der Waals surface area (Å²) >= 11 is 1.79. The van der Waals surface area contributed by atoms with Crippen molar-refractivity contribution >= 4 is 11.3 Å². The Hall–Kier alpha value is -0.410. The van der Waals surface area contributed by atoms with E-state index in [1.54, 1.807) is 17.8 Å². The molecule has 0 amide bonds. The zero-order valence-electron chi connectivity index (χ0n) is 9.65. The number of nitrogens with one attached hydrogen (secondary N) is 1. The van der Waals surface area contributed by atoms with Gasteiger partial charge in [0.25, 0.3) is 0 Å². The molecule has 86 valence electrons. The lowest BCUT2D eigenvalue weighted by atomic mass is 10.0. The molecule has 0 aliphatic heterocycles. The van der Waals surface area contributed by atoms with Gasteiger partial charge >= 0.3 is 0 Å². The first-order chi connectivity index (χ1) is 7.84. The number of aromatic nitrogens is 1. The summed E-state index contributed by atoms with van der Waals surface area (Å²) in [6.07, 6.45) is 4.58. The van der Waals surface area contributed by atoms with E-state index in [2.05, 4.69) is 17.2 Å². The van der Waals surface area contributed by atoms with Crippen LogP contribution in [0.2, 0.25) is 0 Å². The Morgan fingerprint density at radius 3 is 2.75 bits per heavy atom. The van der Waals surface area contributed by atoms with Gasteiger partial charge in [-0.15, -0.1) is 11.3 Å². The number of hydrogen-bond acceptors (Lipinski definition) is 3. The summed E-state index contributed by atoms with van der Waals surface area (Å²) in [5.74, 6) is 4.25. The standard InChI is InChI=1S/C13H18N2S/c1-7-10(16-6-15-7)5-14-13-11-8-2-3-9(4-8)12(11)13/h6,8-9,11-14H,2-5H2,1H3. The molecule has 3 saturated carbocycles. The van der Waals surface area contributed by atoms with Crippen LogP contribution in [0.25, 0.3) is 0 Å². The van der Waals surface area contributed by atoms with Crippen molar-refractivity contribution in [1.29, 1.82) is 0 Å². The lowest BCUT2D eigenvalue weighted by molar-refractivity contribution is 0.456. The molecule has 3 aliphatic carbocycles. The Labute approximate surface area is 100 Å². The number of rotatable bonds is 3. The van der Waals surface area contributed by atoms with Gasteiger partial charge in [-0.2, -0.15) is 0 Å². The molecule has 3 aliphatic rings. The van der Waals surface area contributed by atoms with E-state index in [1.165, 1.54) is 23.4 Å². The highest BCUT2D eigenvalue weighted by atomic mass is 32.1. The summed E-state index contributed by atoms with van der Waals surface area (Å²) in [4.78, 5) is 5.74. The van der Waals surface area contributed by atoms with E-state index >= 15 is 0 Å². The van der Waals surface area contributed by atoms with Gasteiger partial charge in [0.1, 0.15) is 0 Å². The van der Waals surface area contributed by atoms with Crippen molar-refractivity contribution in [2.24, 2.45) is 23.7 Å². The van der Waals surface area contributed by atoms with Crippen molar-refractivity contribution in [3.63, 3.8) is 0 Å². The van der Waals surface area contributed by atoms with E-state index in [1.807, 2.05) is 5.51 Å². The maximum Gasteiger partial charge on any atom is 0.0798 e. The fraction of sp³-hybridized carbons (Fsp3) is 0.769. The minimum absolute atomic E-state index is 0.854. The third-order valence-corrected chi connectivity index (χ3v) is 6.01. The van der Waals surface area contributed by atoms with Crippen molar-refractivity contribution in [2.75, 3.05) is 0 Å². The van der Waals surface area contributed by atoms with Crippen molar-refractivity contribution in [3.05, 3.63) is 16.1 Å². The van der Waals surface area contributed by atoms with Gasteiger partial charge in [-0.1, -0.05) is 0 Å². The molecule has 2 bridgehead atoms. The summed E-state index contributed by atoms with van der Waals surface area (Å²) < 4.78 is 0. The van der Waals surface area contributed by atoms with Gasteiger partial charge in [-0.25, -0.2) is 4.98 Å². The summed E-state index contributed by atoms with van der Waals surface area (Å²) in [5.41, 5.74) is 3.18. The molecule has 1 N–H and O–H groups in total. The quantitative estimate of drug-likeness (QED) is 0.869. The van der Waals surface area contributed by atoms with E-state index in [-0.39, 0.29) is 0 Å². The van der Waals surface area contributed by atoms with Crippen molar-refractivity contribution in [3.8, 4) is 0 Å². The van der Waals surface area contributed by atoms with Gasteiger partial charge in [-0.05, 0) is 49.9 Å². The third kappa shape index (κ3) is 1.25. The largest absolute Gasteiger partial charge is 0.308 e. The first-order valence-corrected chi connectivity index (χ1v) is 7.35. The summed E-state index contributed by atoms with van der Waals surface area (Å²) in [7, 11) is 0. The SMILES string of the molecule is Cc1ncsc1CNC1C2C3CCC(C3)C12. The van der Waals surface area contributed by atoms with Crippen LogP contribution in [-0.4, -0.2) is 11.0 Å². The molecular formula is C13H18N2S. The lowest BCUT2D eigenvalue weighted by Gasteiger charge is -2.09. The molecule has 16 heavy (non-hydrogen) atoms. The van der Waals surface area contributed by atoms with Crippen LogP contribution in [0.5, 0.6) is 0 Å². The molecular weight excluding hydrogens is 216 g/mol. The average molecular weight is 234 g/mol. The van der Waals surface area contributed by atoms with Crippen LogP contribution in [0.3, 0.4) is 0 Å². The number of thiazole rings is 1. The Kier molecular flexibility index (Phi) is 1.98. The minimum Gasteiger partial charge on any atom is -0.308 e. The molecule has 0 saturated heterocycles. The van der Waals surface area contributed by atoms with Crippen molar-refractivity contribution in [1.82, 2.24) is 10.3 Å². The van der Waals surface area contributed by atoms with E-state index in [9.17, 15) is 0 Å². The number of nitrogens with zero attached hydrogens (tertiary/aromatic N) is 1. The molecule has 3 heteroatoms. The predicted octanol–water partition coefficient (Wildman–Crippen LogP) is 2.59. The maximum absolute atomic E-state index is 4.31. The monoisotopic (exact) mass is 234 g/mol. The van der Waals surface area contributed by atoms with Crippen molar-refractivity contribution in [2.45, 2.75) is 38.8 Å². The fourth-order valence-corrected chi connectivity index (χ4v) is 5.03. The molecule has 1 aromatic heterocycles. The average Bonchev–Trinajstić information content (AvgIpc) is 2.70. The molecule has 4 unspecified atom stereocenters. The van der Waals surface area contributed by atoms with Crippen molar-refractivity contribution < 1.29 is 0 Å². The second kappa shape index (κ2) is 3.30. The molecule has 0 radical (unpaired) electrons. The molecule has 0 spiro atoms. The van der Waals surface area contributed by atoms with Gasteiger partial charge in [0.15, 0.2) is 0 Å². The van der Waals surface area contributed by atoms with Crippen LogP contribution in [0, 0.1) is 30.6 Å². The normalized spacial score (nSPS) is 43.7. The van der Waals surface area contributed by atoms with Gasteiger partial charge in [0.2, 0.25) is 0 Å². The van der Waals surface area contributed by atoms with Crippen LogP contribution < -0.4 is 5.32 Å². The highest BCUT2D eigenvalue weighted by Crippen LogP contribution is 2.65. The second-order valence-electron chi connectivity index (χ2n) is 5.76. The zero-order chi connectivity index (χ0) is 10.7. The molecule has 1 heterocycles. The zero-order valence-corrected chi connectivity index (χ0v) is 10.5. The Balaban J connectivity index is 1.39. The summed E-state index contributed by atoms with van der Waals surface area (Å²) in [6, 6.07) is 0.854. The van der Waals surface area contributed by atoms with E-state index < -0.39 is 0 Å². The van der Waals surface area contributed by atoms with Gasteiger partial charge in [-0.3, -0.25) is 0 Å². The second-order valence-corrected chi connectivity index (χ2v) is 6.69. The van der Waals surface area contributed by atoms with Crippen LogP contribution in [0.1, 0.15) is 29.8 Å². The fourth-order valence-electron chi connectivity index (χ4n) is 4.30. The molecule has 4 atom stereocenters.